The molecule has 1 aliphatic heterocycles. The highest BCUT2D eigenvalue weighted by Gasteiger charge is 2.29. The molecule has 2 fully saturated rings. The van der Waals surface area contributed by atoms with Gasteiger partial charge in [-0.15, -0.1) is 12.4 Å². The molecule has 0 bridgehead atoms. The molecule has 13 heavy (non-hydrogen) atoms. The van der Waals surface area contributed by atoms with E-state index in [2.05, 4.69) is 4.90 Å². The van der Waals surface area contributed by atoms with Crippen molar-refractivity contribution in [1.29, 1.82) is 0 Å². The Kier molecular flexibility index (Phi) is 4.46. The Hall–Kier alpha value is 0.170. The number of morpholine rings is 1. The molecule has 2 rings (SSSR count). The summed E-state index contributed by atoms with van der Waals surface area (Å²) in [5.74, 6) is 0. The fourth-order valence-corrected chi connectivity index (χ4v) is 2.33. The molecule has 4 heteroatoms. The van der Waals surface area contributed by atoms with Gasteiger partial charge in [0.25, 0.3) is 0 Å². The van der Waals surface area contributed by atoms with Gasteiger partial charge in [-0.3, -0.25) is 4.90 Å². The molecule has 78 valence electrons. The summed E-state index contributed by atoms with van der Waals surface area (Å²) < 4.78 is 5.31. The predicted octanol–water partition coefficient (Wildman–Crippen LogP) is 0.620. The van der Waals surface area contributed by atoms with Crippen LogP contribution < -0.4 is 5.73 Å². The van der Waals surface area contributed by atoms with Crippen molar-refractivity contribution in [1.82, 2.24) is 4.90 Å². The highest BCUT2D eigenvalue weighted by Crippen LogP contribution is 2.23. The van der Waals surface area contributed by atoms with Crippen LogP contribution in [0.1, 0.15) is 19.3 Å². The molecule has 0 aromatic rings. The second kappa shape index (κ2) is 5.15. The lowest BCUT2D eigenvalue weighted by Crippen LogP contribution is -2.49. The maximum absolute atomic E-state index is 6.03. The van der Waals surface area contributed by atoms with Crippen LogP contribution in [-0.2, 0) is 4.74 Å². The van der Waals surface area contributed by atoms with Crippen LogP contribution >= 0.6 is 12.4 Å². The molecule has 0 aromatic carbocycles. The molecule has 0 unspecified atom stereocenters. The molecule has 2 N–H and O–H groups in total. The first kappa shape index (κ1) is 11.2. The summed E-state index contributed by atoms with van der Waals surface area (Å²) >= 11 is 0. The van der Waals surface area contributed by atoms with Gasteiger partial charge in [-0.1, -0.05) is 6.42 Å². The van der Waals surface area contributed by atoms with Crippen molar-refractivity contribution < 1.29 is 4.74 Å². The second-order valence-electron chi connectivity index (χ2n) is 3.81. The molecule has 0 radical (unpaired) electrons. The Labute approximate surface area is 86.0 Å². The molecule has 0 aromatic heterocycles. The maximum atomic E-state index is 6.03. The topological polar surface area (TPSA) is 38.5 Å². The molecule has 0 amide bonds. The zero-order valence-electron chi connectivity index (χ0n) is 7.95. The SMILES string of the molecule is Cl.N[C@@H]1CCC[C@H]1N1CCOCC1. The number of ether oxygens (including phenoxy) is 1. The summed E-state index contributed by atoms with van der Waals surface area (Å²) in [5, 5.41) is 0. The standard InChI is InChI=1S/C9H18N2O.ClH/c10-8-2-1-3-9(8)11-4-6-12-7-5-11;/h8-9H,1-7,10H2;1H/t8-,9-;/m1./s1. The summed E-state index contributed by atoms with van der Waals surface area (Å²) in [7, 11) is 0. The van der Waals surface area contributed by atoms with E-state index in [9.17, 15) is 0 Å². The van der Waals surface area contributed by atoms with Crippen molar-refractivity contribution in [3.8, 4) is 0 Å². The van der Waals surface area contributed by atoms with Gasteiger partial charge < -0.3 is 10.5 Å². The van der Waals surface area contributed by atoms with E-state index >= 15 is 0 Å². The van der Waals surface area contributed by atoms with E-state index in [1.165, 1.54) is 19.3 Å². The zero-order chi connectivity index (χ0) is 8.39. The van der Waals surface area contributed by atoms with E-state index in [1.54, 1.807) is 0 Å². The smallest absolute Gasteiger partial charge is 0.0594 e. The number of hydrogen-bond acceptors (Lipinski definition) is 3. The quantitative estimate of drug-likeness (QED) is 0.684. The van der Waals surface area contributed by atoms with Gasteiger partial charge in [0.2, 0.25) is 0 Å². The first-order valence-corrected chi connectivity index (χ1v) is 4.95. The number of rotatable bonds is 1. The predicted molar refractivity (Wildman–Crippen MR) is 55.3 cm³/mol. The van der Waals surface area contributed by atoms with E-state index < -0.39 is 0 Å². The van der Waals surface area contributed by atoms with E-state index in [0.29, 0.717) is 12.1 Å². The van der Waals surface area contributed by atoms with Gasteiger partial charge in [0.05, 0.1) is 13.2 Å². The monoisotopic (exact) mass is 206 g/mol. The van der Waals surface area contributed by atoms with Crippen molar-refractivity contribution in [2.45, 2.75) is 31.3 Å². The molecule has 1 saturated heterocycles. The third-order valence-electron chi connectivity index (χ3n) is 3.05. The van der Waals surface area contributed by atoms with Gasteiger partial charge in [0.1, 0.15) is 0 Å². The summed E-state index contributed by atoms with van der Waals surface area (Å²) in [4.78, 5) is 2.50. The van der Waals surface area contributed by atoms with Gasteiger partial charge in [0.15, 0.2) is 0 Å². The molecular weight excluding hydrogens is 188 g/mol. The molecular formula is C9H19ClN2O. The average Bonchev–Trinajstić information content (AvgIpc) is 2.53. The summed E-state index contributed by atoms with van der Waals surface area (Å²) in [6.45, 7) is 3.95. The molecule has 1 saturated carbocycles. The van der Waals surface area contributed by atoms with Crippen LogP contribution in [0.15, 0.2) is 0 Å². The Morgan fingerprint density at radius 2 is 1.85 bits per heavy atom. The summed E-state index contributed by atoms with van der Waals surface area (Å²) in [6.07, 6.45) is 3.81. The minimum Gasteiger partial charge on any atom is -0.379 e. The normalized spacial score (nSPS) is 35.8. The van der Waals surface area contributed by atoms with E-state index in [0.717, 1.165) is 26.3 Å². The Bertz CT molecular complexity index is 151. The third kappa shape index (κ3) is 2.56. The zero-order valence-corrected chi connectivity index (χ0v) is 8.76. The summed E-state index contributed by atoms with van der Waals surface area (Å²) in [6, 6.07) is 1.07. The molecule has 2 atom stereocenters. The van der Waals surface area contributed by atoms with Crippen LogP contribution in [-0.4, -0.2) is 43.3 Å². The highest BCUT2D eigenvalue weighted by molar-refractivity contribution is 5.85. The fourth-order valence-electron chi connectivity index (χ4n) is 2.33. The van der Waals surface area contributed by atoms with Gasteiger partial charge in [-0.05, 0) is 12.8 Å². The van der Waals surface area contributed by atoms with Crippen molar-refractivity contribution >= 4 is 12.4 Å². The van der Waals surface area contributed by atoms with Crippen LogP contribution in [0.25, 0.3) is 0 Å². The fraction of sp³-hybridized carbons (Fsp3) is 1.00. The van der Waals surface area contributed by atoms with E-state index in [-0.39, 0.29) is 12.4 Å². The molecule has 2 aliphatic rings. The van der Waals surface area contributed by atoms with Gasteiger partial charge in [0, 0.05) is 25.2 Å². The van der Waals surface area contributed by atoms with E-state index in [1.807, 2.05) is 0 Å². The Morgan fingerprint density at radius 1 is 1.15 bits per heavy atom. The largest absolute Gasteiger partial charge is 0.379 e. The lowest BCUT2D eigenvalue weighted by Gasteiger charge is -2.34. The average molecular weight is 207 g/mol. The molecule has 1 aliphatic carbocycles. The lowest BCUT2D eigenvalue weighted by atomic mass is 10.1. The first-order valence-electron chi connectivity index (χ1n) is 4.95. The van der Waals surface area contributed by atoms with Crippen LogP contribution in [0.5, 0.6) is 0 Å². The van der Waals surface area contributed by atoms with E-state index in [4.69, 9.17) is 10.5 Å². The molecule has 0 spiro atoms. The van der Waals surface area contributed by atoms with Crippen LogP contribution in [0, 0.1) is 0 Å². The minimum absolute atomic E-state index is 0. The van der Waals surface area contributed by atoms with Gasteiger partial charge >= 0.3 is 0 Å². The molecule has 3 nitrogen and oxygen atoms in total. The molecule has 1 heterocycles. The minimum atomic E-state index is 0. The van der Waals surface area contributed by atoms with Crippen LogP contribution in [0.3, 0.4) is 0 Å². The number of halogens is 1. The lowest BCUT2D eigenvalue weighted by molar-refractivity contribution is 0.0150. The van der Waals surface area contributed by atoms with Crippen molar-refractivity contribution in [3.05, 3.63) is 0 Å². The van der Waals surface area contributed by atoms with Crippen LogP contribution in [0.4, 0.5) is 0 Å². The summed E-state index contributed by atoms with van der Waals surface area (Å²) in [5.41, 5.74) is 6.03. The maximum Gasteiger partial charge on any atom is 0.0594 e. The van der Waals surface area contributed by atoms with Crippen LogP contribution in [0.2, 0.25) is 0 Å². The van der Waals surface area contributed by atoms with Crippen molar-refractivity contribution in [3.63, 3.8) is 0 Å². The van der Waals surface area contributed by atoms with Gasteiger partial charge in [-0.2, -0.15) is 0 Å². The second-order valence-corrected chi connectivity index (χ2v) is 3.81. The number of hydrogen-bond donors (Lipinski definition) is 1. The number of nitrogens with two attached hydrogens (primary N) is 1. The highest BCUT2D eigenvalue weighted by atomic mass is 35.5. The van der Waals surface area contributed by atoms with Gasteiger partial charge in [-0.25, -0.2) is 0 Å². The Balaban J connectivity index is 0.000000845. The Morgan fingerprint density at radius 3 is 2.38 bits per heavy atom. The van der Waals surface area contributed by atoms with Crippen molar-refractivity contribution in [2.24, 2.45) is 5.73 Å². The third-order valence-corrected chi connectivity index (χ3v) is 3.05. The number of nitrogens with zero attached hydrogens (tertiary/aromatic N) is 1. The first-order chi connectivity index (χ1) is 5.88. The van der Waals surface area contributed by atoms with Crippen molar-refractivity contribution in [2.75, 3.05) is 26.3 Å².